The Morgan fingerprint density at radius 1 is 1.33 bits per heavy atom. The zero-order chi connectivity index (χ0) is 12.6. The van der Waals surface area contributed by atoms with Gasteiger partial charge in [-0.1, -0.05) is 15.9 Å². The standard InChI is InChI=1S/C10H8Br3NO3.ClH/c11-4-3-5(12)9(15)8(13)7(4)6-1-2-17-10(16)14-6;/h3,6,15H,1-2H2,(H,14,16);1H/t6-;/m0./s1. The van der Waals surface area contributed by atoms with Crippen molar-refractivity contribution in [1.29, 1.82) is 0 Å². The summed E-state index contributed by atoms with van der Waals surface area (Å²) in [5.74, 6) is 0.115. The molecule has 1 aromatic carbocycles. The molecule has 0 unspecified atom stereocenters. The van der Waals surface area contributed by atoms with Crippen molar-refractivity contribution in [2.45, 2.75) is 12.5 Å². The number of ether oxygens (including phenoxy) is 1. The number of benzene rings is 1. The van der Waals surface area contributed by atoms with Crippen LogP contribution in [0.3, 0.4) is 0 Å². The Bertz CT molecular complexity index is 484. The summed E-state index contributed by atoms with van der Waals surface area (Å²) in [6.07, 6.45) is 0.215. The van der Waals surface area contributed by atoms with Gasteiger partial charge in [0.15, 0.2) is 0 Å². The number of rotatable bonds is 1. The number of hydrogen-bond donors (Lipinski definition) is 2. The largest absolute Gasteiger partial charge is 0.506 e. The van der Waals surface area contributed by atoms with Gasteiger partial charge in [0.25, 0.3) is 0 Å². The van der Waals surface area contributed by atoms with Crippen LogP contribution >= 0.6 is 60.2 Å². The highest BCUT2D eigenvalue weighted by molar-refractivity contribution is 9.11. The molecule has 0 aliphatic carbocycles. The number of halogens is 4. The molecule has 2 rings (SSSR count). The van der Waals surface area contributed by atoms with Crippen LogP contribution in [0.4, 0.5) is 4.79 Å². The molecule has 1 atom stereocenters. The van der Waals surface area contributed by atoms with Gasteiger partial charge in [0.05, 0.1) is 21.6 Å². The zero-order valence-electron chi connectivity index (χ0n) is 8.87. The summed E-state index contributed by atoms with van der Waals surface area (Å²) in [5, 5.41) is 12.6. The number of hydrogen-bond acceptors (Lipinski definition) is 3. The molecule has 1 aliphatic heterocycles. The molecule has 0 bridgehead atoms. The van der Waals surface area contributed by atoms with E-state index in [-0.39, 0.29) is 24.2 Å². The third-order valence-corrected chi connectivity index (χ3v) is 4.52. The van der Waals surface area contributed by atoms with Crippen LogP contribution in [0.1, 0.15) is 18.0 Å². The second-order valence-electron chi connectivity index (χ2n) is 3.54. The first kappa shape index (κ1) is 16.1. The summed E-state index contributed by atoms with van der Waals surface area (Å²) >= 11 is 10.0. The average Bonchev–Trinajstić information content (AvgIpc) is 2.26. The van der Waals surface area contributed by atoms with Gasteiger partial charge in [0.2, 0.25) is 0 Å². The Morgan fingerprint density at radius 2 is 2.00 bits per heavy atom. The molecule has 1 heterocycles. The molecule has 8 heteroatoms. The fourth-order valence-electron chi connectivity index (χ4n) is 1.66. The monoisotopic (exact) mass is 463 g/mol. The number of phenolic OH excluding ortho intramolecular Hbond substituents is 1. The van der Waals surface area contributed by atoms with Gasteiger partial charge in [-0.25, -0.2) is 4.79 Å². The Labute approximate surface area is 135 Å². The number of nitrogens with one attached hydrogen (secondary N) is 1. The van der Waals surface area contributed by atoms with Crippen molar-refractivity contribution in [1.82, 2.24) is 5.32 Å². The minimum absolute atomic E-state index is 0. The Morgan fingerprint density at radius 3 is 2.61 bits per heavy atom. The third-order valence-electron chi connectivity index (χ3n) is 2.46. The lowest BCUT2D eigenvalue weighted by atomic mass is 10.0. The molecule has 18 heavy (non-hydrogen) atoms. The highest BCUT2D eigenvalue weighted by atomic mass is 79.9. The van der Waals surface area contributed by atoms with Crippen molar-refractivity contribution in [3.63, 3.8) is 0 Å². The molecule has 1 amide bonds. The number of alkyl carbamates (subject to hydrolysis) is 1. The van der Waals surface area contributed by atoms with E-state index in [1.165, 1.54) is 0 Å². The molecular weight excluding hydrogens is 457 g/mol. The van der Waals surface area contributed by atoms with Gasteiger partial charge in [-0.2, -0.15) is 0 Å². The van der Waals surface area contributed by atoms with E-state index in [2.05, 4.69) is 53.1 Å². The normalized spacial score (nSPS) is 18.6. The fourth-order valence-corrected chi connectivity index (χ4v) is 4.33. The van der Waals surface area contributed by atoms with E-state index in [1.807, 2.05) is 0 Å². The lowest BCUT2D eigenvalue weighted by Gasteiger charge is -2.26. The second-order valence-corrected chi connectivity index (χ2v) is 6.04. The van der Waals surface area contributed by atoms with E-state index >= 15 is 0 Å². The quantitative estimate of drug-likeness (QED) is 0.650. The molecule has 2 N–H and O–H groups in total. The summed E-state index contributed by atoms with van der Waals surface area (Å²) in [6.45, 7) is 0.367. The van der Waals surface area contributed by atoms with Crippen molar-refractivity contribution in [3.05, 3.63) is 25.0 Å². The molecule has 1 aromatic rings. The molecule has 1 saturated heterocycles. The third kappa shape index (κ3) is 3.12. The molecule has 0 saturated carbocycles. The molecule has 4 nitrogen and oxygen atoms in total. The first-order valence-corrected chi connectivity index (χ1v) is 7.18. The van der Waals surface area contributed by atoms with E-state index in [1.54, 1.807) is 6.07 Å². The van der Waals surface area contributed by atoms with Crippen LogP contribution in [-0.2, 0) is 4.74 Å². The number of phenols is 1. The number of carbonyl (C=O) groups is 1. The molecule has 0 spiro atoms. The topological polar surface area (TPSA) is 58.6 Å². The highest BCUT2D eigenvalue weighted by Crippen LogP contribution is 2.43. The number of aromatic hydroxyl groups is 1. The maximum Gasteiger partial charge on any atom is 0.407 e. The first-order valence-electron chi connectivity index (χ1n) is 4.80. The maximum absolute atomic E-state index is 11.2. The van der Waals surface area contributed by atoms with E-state index in [0.717, 1.165) is 10.0 Å². The van der Waals surface area contributed by atoms with E-state index in [9.17, 15) is 9.90 Å². The fraction of sp³-hybridized carbons (Fsp3) is 0.300. The lowest BCUT2D eigenvalue weighted by Crippen LogP contribution is -2.35. The summed E-state index contributed by atoms with van der Waals surface area (Å²) < 4.78 is 6.76. The van der Waals surface area contributed by atoms with E-state index in [0.29, 0.717) is 22.0 Å². The minimum Gasteiger partial charge on any atom is -0.506 e. The maximum atomic E-state index is 11.2. The van der Waals surface area contributed by atoms with Gasteiger partial charge in [0.1, 0.15) is 5.75 Å². The van der Waals surface area contributed by atoms with Gasteiger partial charge in [-0.15, -0.1) is 12.4 Å². The zero-order valence-corrected chi connectivity index (χ0v) is 14.4. The van der Waals surface area contributed by atoms with E-state index in [4.69, 9.17) is 4.74 Å². The predicted octanol–water partition coefficient (Wildman–Crippen LogP) is 4.27. The summed E-state index contributed by atoms with van der Waals surface area (Å²) in [7, 11) is 0. The summed E-state index contributed by atoms with van der Waals surface area (Å²) in [4.78, 5) is 11.2. The number of amides is 1. The summed E-state index contributed by atoms with van der Waals surface area (Å²) in [6, 6.07) is 1.57. The van der Waals surface area contributed by atoms with Crippen LogP contribution < -0.4 is 5.32 Å². The van der Waals surface area contributed by atoms with Crippen molar-refractivity contribution >= 4 is 66.3 Å². The molecule has 100 valence electrons. The van der Waals surface area contributed by atoms with Crippen LogP contribution in [0.2, 0.25) is 0 Å². The van der Waals surface area contributed by atoms with Crippen LogP contribution in [0.25, 0.3) is 0 Å². The van der Waals surface area contributed by atoms with Crippen LogP contribution in [0.5, 0.6) is 5.75 Å². The smallest absolute Gasteiger partial charge is 0.407 e. The van der Waals surface area contributed by atoms with Gasteiger partial charge < -0.3 is 15.2 Å². The molecule has 0 aromatic heterocycles. The summed E-state index contributed by atoms with van der Waals surface area (Å²) in [5.41, 5.74) is 0.808. The van der Waals surface area contributed by atoms with Gasteiger partial charge >= 0.3 is 6.09 Å². The van der Waals surface area contributed by atoms with Crippen molar-refractivity contribution < 1.29 is 14.6 Å². The Balaban J connectivity index is 0.00000162. The molecular formula is C10H9Br3ClNO3. The van der Waals surface area contributed by atoms with Crippen LogP contribution in [0, 0.1) is 0 Å². The van der Waals surface area contributed by atoms with Gasteiger partial charge in [-0.3, -0.25) is 0 Å². The van der Waals surface area contributed by atoms with Gasteiger partial charge in [0, 0.05) is 16.5 Å². The lowest BCUT2D eigenvalue weighted by molar-refractivity contribution is 0.115. The Hall–Kier alpha value is 0.0200. The van der Waals surface area contributed by atoms with Crippen molar-refractivity contribution in [2.24, 2.45) is 0 Å². The average molecular weight is 466 g/mol. The van der Waals surface area contributed by atoms with Crippen molar-refractivity contribution in [3.8, 4) is 5.75 Å². The second kappa shape index (κ2) is 6.45. The van der Waals surface area contributed by atoms with Crippen molar-refractivity contribution in [2.75, 3.05) is 6.61 Å². The highest BCUT2D eigenvalue weighted by Gasteiger charge is 2.26. The first-order chi connectivity index (χ1) is 8.00. The molecule has 1 aliphatic rings. The minimum atomic E-state index is -0.442. The number of carbonyl (C=O) groups excluding carboxylic acids is 1. The Kier molecular flexibility index (Phi) is 5.76. The SMILES string of the molecule is Cl.O=C1N[C@H](c2c(Br)cc(Br)c(O)c2Br)CCO1. The molecule has 0 radical (unpaired) electrons. The van der Waals surface area contributed by atoms with Crippen LogP contribution in [-0.4, -0.2) is 17.8 Å². The van der Waals surface area contributed by atoms with Crippen LogP contribution in [0.15, 0.2) is 19.5 Å². The molecule has 1 fully saturated rings. The van der Waals surface area contributed by atoms with E-state index < -0.39 is 6.09 Å². The number of cyclic esters (lactones) is 1. The predicted molar refractivity (Wildman–Crippen MR) is 80.3 cm³/mol. The van der Waals surface area contributed by atoms with Gasteiger partial charge in [-0.05, 0) is 37.9 Å².